The molecule has 1 aliphatic rings. The fraction of sp³-hybridized carbons (Fsp3) is 0.435. The molecule has 1 N–H and O–H groups in total. The molecule has 1 unspecified atom stereocenters. The summed E-state index contributed by atoms with van der Waals surface area (Å²) in [6.45, 7) is 2.07. The van der Waals surface area contributed by atoms with Crippen molar-refractivity contribution in [2.45, 2.75) is 55.9 Å². The van der Waals surface area contributed by atoms with Crippen LogP contribution in [0.4, 0.5) is 5.69 Å². The number of anilines is 1. The minimum atomic E-state index is 0.0137. The largest absolute Gasteiger partial charge is 0.493 e. The van der Waals surface area contributed by atoms with E-state index < -0.39 is 0 Å². The maximum Gasteiger partial charge on any atom is 0.224 e. The Bertz CT molecular complexity index is 802. The van der Waals surface area contributed by atoms with Crippen LogP contribution in [0.3, 0.4) is 0 Å². The third kappa shape index (κ3) is 5.44. The monoisotopic (exact) mass is 399 g/mol. The van der Waals surface area contributed by atoms with Crippen molar-refractivity contribution in [1.29, 1.82) is 0 Å². The maximum absolute atomic E-state index is 12.5. The number of carbonyl (C=O) groups excluding carboxylic acids is 1. The molecule has 1 aliphatic carbocycles. The first-order chi connectivity index (χ1) is 13.6. The molecular formula is C23H29NO3S. The van der Waals surface area contributed by atoms with Crippen LogP contribution in [0.5, 0.6) is 11.5 Å². The van der Waals surface area contributed by atoms with E-state index in [1.54, 1.807) is 18.9 Å². The predicted molar refractivity (Wildman–Crippen MR) is 116 cm³/mol. The van der Waals surface area contributed by atoms with Crippen molar-refractivity contribution >= 4 is 23.4 Å². The highest BCUT2D eigenvalue weighted by Crippen LogP contribution is 2.35. The van der Waals surface area contributed by atoms with E-state index in [0.717, 1.165) is 40.5 Å². The molecule has 28 heavy (non-hydrogen) atoms. The second kappa shape index (κ2) is 9.87. The first-order valence-corrected chi connectivity index (χ1v) is 11.1. The van der Waals surface area contributed by atoms with Gasteiger partial charge < -0.3 is 14.8 Å². The second-order valence-corrected chi connectivity index (χ2v) is 8.20. The van der Waals surface area contributed by atoms with Gasteiger partial charge in [0.15, 0.2) is 11.5 Å². The van der Waals surface area contributed by atoms with Gasteiger partial charge in [-0.2, -0.15) is 0 Å². The van der Waals surface area contributed by atoms with Crippen molar-refractivity contribution in [3.05, 3.63) is 48.0 Å². The van der Waals surface area contributed by atoms with E-state index in [0.29, 0.717) is 6.42 Å². The maximum atomic E-state index is 12.5. The average molecular weight is 400 g/mol. The zero-order valence-corrected chi connectivity index (χ0v) is 17.7. The summed E-state index contributed by atoms with van der Waals surface area (Å²) >= 11 is 1.66. The van der Waals surface area contributed by atoms with E-state index in [1.807, 2.05) is 48.7 Å². The summed E-state index contributed by atoms with van der Waals surface area (Å²) in [7, 11) is 1.66. The summed E-state index contributed by atoms with van der Waals surface area (Å²) in [5, 5.41) is 3.00. The van der Waals surface area contributed by atoms with Crippen LogP contribution in [0, 0.1) is 0 Å². The number of ether oxygens (including phenoxy) is 2. The molecule has 4 nitrogen and oxygen atoms in total. The van der Waals surface area contributed by atoms with Gasteiger partial charge in [-0.05, 0) is 73.8 Å². The van der Waals surface area contributed by atoms with Gasteiger partial charge in [0.1, 0.15) is 0 Å². The van der Waals surface area contributed by atoms with E-state index in [9.17, 15) is 4.79 Å². The average Bonchev–Trinajstić information content (AvgIpc) is 3.21. The summed E-state index contributed by atoms with van der Waals surface area (Å²) in [6.07, 6.45) is 7.35. The molecule has 0 bridgehead atoms. The molecule has 1 fully saturated rings. The Morgan fingerprint density at radius 2 is 1.96 bits per heavy atom. The lowest BCUT2D eigenvalue weighted by molar-refractivity contribution is -0.116. The molecule has 5 heteroatoms. The molecule has 0 saturated heterocycles. The molecule has 1 saturated carbocycles. The van der Waals surface area contributed by atoms with E-state index >= 15 is 0 Å². The minimum absolute atomic E-state index is 0.0137. The van der Waals surface area contributed by atoms with E-state index in [2.05, 4.69) is 12.2 Å². The third-order valence-electron chi connectivity index (χ3n) is 5.20. The van der Waals surface area contributed by atoms with Gasteiger partial charge in [-0.15, -0.1) is 11.8 Å². The van der Waals surface area contributed by atoms with Crippen molar-refractivity contribution in [3.63, 3.8) is 0 Å². The Balaban J connectivity index is 1.65. The first kappa shape index (κ1) is 20.6. The van der Waals surface area contributed by atoms with Crippen molar-refractivity contribution in [1.82, 2.24) is 0 Å². The van der Waals surface area contributed by atoms with Gasteiger partial charge in [0.2, 0.25) is 5.91 Å². The molecule has 0 heterocycles. The number of nitrogens with one attached hydrogen (secondary N) is 1. The fourth-order valence-corrected chi connectivity index (χ4v) is 4.05. The molecule has 3 rings (SSSR count). The molecular weight excluding hydrogens is 370 g/mol. The van der Waals surface area contributed by atoms with Crippen LogP contribution in [0.2, 0.25) is 0 Å². The third-order valence-corrected chi connectivity index (χ3v) is 5.92. The van der Waals surface area contributed by atoms with E-state index in [4.69, 9.17) is 9.47 Å². The first-order valence-electron chi connectivity index (χ1n) is 9.87. The van der Waals surface area contributed by atoms with Crippen LogP contribution in [-0.2, 0) is 4.79 Å². The molecule has 150 valence electrons. The lowest BCUT2D eigenvalue weighted by Crippen LogP contribution is -2.15. The fourth-order valence-electron chi connectivity index (χ4n) is 3.59. The lowest BCUT2D eigenvalue weighted by Gasteiger charge is -2.19. The van der Waals surface area contributed by atoms with Gasteiger partial charge in [0.05, 0.1) is 13.2 Å². The Labute approximate surface area is 172 Å². The molecule has 1 atom stereocenters. The SMILES string of the molecule is COc1ccc(C(C)CC(=O)Nc2cccc(SC)c2)cc1OC1CCCC1. The van der Waals surface area contributed by atoms with Gasteiger partial charge in [-0.3, -0.25) is 4.79 Å². The minimum Gasteiger partial charge on any atom is -0.493 e. The smallest absolute Gasteiger partial charge is 0.224 e. The summed E-state index contributed by atoms with van der Waals surface area (Å²) < 4.78 is 11.7. The number of thioether (sulfide) groups is 1. The molecule has 0 aromatic heterocycles. The molecule has 2 aromatic rings. The number of rotatable bonds is 8. The van der Waals surface area contributed by atoms with Crippen molar-refractivity contribution in [2.75, 3.05) is 18.7 Å². The molecule has 0 radical (unpaired) electrons. The highest BCUT2D eigenvalue weighted by molar-refractivity contribution is 7.98. The lowest BCUT2D eigenvalue weighted by atomic mass is 9.97. The number of amides is 1. The summed E-state index contributed by atoms with van der Waals surface area (Å²) in [5.74, 6) is 1.63. The van der Waals surface area contributed by atoms with Crippen LogP contribution >= 0.6 is 11.8 Å². The summed E-state index contributed by atoms with van der Waals surface area (Å²) in [6, 6.07) is 13.9. The topological polar surface area (TPSA) is 47.6 Å². The van der Waals surface area contributed by atoms with Crippen LogP contribution in [0.25, 0.3) is 0 Å². The second-order valence-electron chi connectivity index (χ2n) is 7.32. The van der Waals surface area contributed by atoms with Gasteiger partial charge in [0.25, 0.3) is 0 Å². The summed E-state index contributed by atoms with van der Waals surface area (Å²) in [5.41, 5.74) is 1.92. The van der Waals surface area contributed by atoms with Gasteiger partial charge in [-0.1, -0.05) is 19.1 Å². The van der Waals surface area contributed by atoms with Crippen LogP contribution in [-0.4, -0.2) is 25.4 Å². The van der Waals surface area contributed by atoms with Crippen LogP contribution in [0.1, 0.15) is 50.5 Å². The quantitative estimate of drug-likeness (QED) is 0.564. The zero-order valence-electron chi connectivity index (χ0n) is 16.9. The van der Waals surface area contributed by atoms with Crippen LogP contribution in [0.15, 0.2) is 47.4 Å². The number of hydrogen-bond donors (Lipinski definition) is 1. The Morgan fingerprint density at radius 3 is 2.68 bits per heavy atom. The Kier molecular flexibility index (Phi) is 7.26. The molecule has 1 amide bonds. The molecule has 0 spiro atoms. The van der Waals surface area contributed by atoms with E-state index in [-0.39, 0.29) is 17.9 Å². The predicted octanol–water partition coefficient (Wildman–Crippen LogP) is 5.87. The number of benzene rings is 2. The normalized spacial score (nSPS) is 15.2. The highest BCUT2D eigenvalue weighted by atomic mass is 32.2. The zero-order chi connectivity index (χ0) is 19.9. The Hall–Kier alpha value is -2.14. The highest BCUT2D eigenvalue weighted by Gasteiger charge is 2.20. The van der Waals surface area contributed by atoms with Gasteiger partial charge >= 0.3 is 0 Å². The number of hydrogen-bond acceptors (Lipinski definition) is 4. The van der Waals surface area contributed by atoms with Gasteiger partial charge in [-0.25, -0.2) is 0 Å². The van der Waals surface area contributed by atoms with Crippen molar-refractivity contribution < 1.29 is 14.3 Å². The molecule has 2 aromatic carbocycles. The standard InChI is InChI=1S/C23H29NO3S/c1-16(13-23(25)24-18-7-6-10-20(15-18)28-3)17-11-12-21(26-2)22(14-17)27-19-8-4-5-9-19/h6-7,10-12,14-16,19H,4-5,8-9,13H2,1-3H3,(H,24,25). The van der Waals surface area contributed by atoms with Crippen molar-refractivity contribution in [2.24, 2.45) is 0 Å². The molecule has 0 aliphatic heterocycles. The summed E-state index contributed by atoms with van der Waals surface area (Å²) in [4.78, 5) is 13.6. The number of carbonyl (C=O) groups is 1. The number of methoxy groups -OCH3 is 1. The van der Waals surface area contributed by atoms with Crippen molar-refractivity contribution in [3.8, 4) is 11.5 Å². The van der Waals surface area contributed by atoms with Crippen LogP contribution < -0.4 is 14.8 Å². The van der Waals surface area contributed by atoms with Gasteiger partial charge in [0, 0.05) is 17.0 Å². The van der Waals surface area contributed by atoms with E-state index in [1.165, 1.54) is 12.8 Å². The Morgan fingerprint density at radius 1 is 1.18 bits per heavy atom.